The van der Waals surface area contributed by atoms with E-state index in [1.165, 1.54) is 6.42 Å². The maximum atomic E-state index is 11.2. The summed E-state index contributed by atoms with van der Waals surface area (Å²) in [6.07, 6.45) is 3.10. The second-order valence-corrected chi connectivity index (χ2v) is 4.35. The summed E-state index contributed by atoms with van der Waals surface area (Å²) in [7, 11) is 1.97. The van der Waals surface area contributed by atoms with Crippen LogP contribution >= 0.6 is 0 Å². The first-order chi connectivity index (χ1) is 7.15. The van der Waals surface area contributed by atoms with Gasteiger partial charge in [-0.2, -0.15) is 0 Å². The lowest BCUT2D eigenvalue weighted by atomic mass is 10.0. The molecule has 1 aliphatic heterocycles. The summed E-state index contributed by atoms with van der Waals surface area (Å²) in [4.78, 5) is 13.2. The number of hydrogen-bond donors (Lipinski definition) is 1. The Morgan fingerprint density at radius 2 is 2.40 bits per heavy atom. The number of nitrogens with zero attached hydrogens (tertiary/aromatic N) is 1. The Hall–Kier alpha value is -0.610. The molecule has 1 amide bonds. The quantitative estimate of drug-likeness (QED) is 0.729. The van der Waals surface area contributed by atoms with Gasteiger partial charge in [-0.1, -0.05) is 6.92 Å². The third-order valence-corrected chi connectivity index (χ3v) is 3.05. The minimum Gasteiger partial charge on any atom is -0.381 e. The van der Waals surface area contributed by atoms with E-state index in [0.29, 0.717) is 5.92 Å². The molecular weight excluding hydrogens is 192 g/mol. The van der Waals surface area contributed by atoms with Crippen LogP contribution in [0.25, 0.3) is 0 Å². The Balaban J connectivity index is 2.38. The van der Waals surface area contributed by atoms with Gasteiger partial charge in [0.15, 0.2) is 0 Å². The number of hydrogen-bond acceptors (Lipinski definition) is 3. The molecule has 0 aromatic rings. The van der Waals surface area contributed by atoms with Crippen LogP contribution in [0.1, 0.15) is 26.2 Å². The Labute approximate surface area is 91.8 Å². The molecule has 0 spiro atoms. The summed E-state index contributed by atoms with van der Waals surface area (Å²) in [5.74, 6) is 0.328. The smallest absolute Gasteiger partial charge is 0.234 e. The fraction of sp³-hybridized carbons (Fsp3) is 0.909. The second kappa shape index (κ2) is 6.08. The molecule has 4 heteroatoms. The van der Waals surface area contributed by atoms with Crippen molar-refractivity contribution >= 4 is 5.91 Å². The predicted octanol–water partition coefficient (Wildman–Crippen LogP) is 0.609. The van der Waals surface area contributed by atoms with Gasteiger partial charge in [0.1, 0.15) is 0 Å². The molecule has 0 aromatic carbocycles. The van der Waals surface area contributed by atoms with E-state index in [-0.39, 0.29) is 11.9 Å². The van der Waals surface area contributed by atoms with Gasteiger partial charge >= 0.3 is 0 Å². The topological polar surface area (TPSA) is 55.6 Å². The number of likely N-dealkylation sites (N-methyl/N-ethyl adjacent to an activating group) is 1. The Bertz CT molecular complexity index is 203. The minimum absolute atomic E-state index is 0.132. The number of amides is 1. The third kappa shape index (κ3) is 3.80. The highest BCUT2D eigenvalue weighted by Gasteiger charge is 2.22. The summed E-state index contributed by atoms with van der Waals surface area (Å²) in [5.41, 5.74) is 5.34. The number of rotatable bonds is 5. The van der Waals surface area contributed by atoms with E-state index in [9.17, 15) is 4.79 Å². The Kier molecular flexibility index (Phi) is 5.05. The van der Waals surface area contributed by atoms with E-state index in [0.717, 1.165) is 32.6 Å². The standard InChI is InChI=1S/C11H22N2O2/c1-3-10(11(12)14)13(2)7-9-5-4-6-15-8-9/h9-10H,3-8H2,1-2H3,(H2,12,14). The number of carbonyl (C=O) groups is 1. The summed E-state index contributed by atoms with van der Waals surface area (Å²) < 4.78 is 5.41. The summed E-state index contributed by atoms with van der Waals surface area (Å²) >= 11 is 0. The first-order valence-electron chi connectivity index (χ1n) is 5.72. The minimum atomic E-state index is -0.225. The predicted molar refractivity (Wildman–Crippen MR) is 59.4 cm³/mol. The van der Waals surface area contributed by atoms with Crippen molar-refractivity contribution in [3.8, 4) is 0 Å². The van der Waals surface area contributed by atoms with Crippen LogP contribution < -0.4 is 5.73 Å². The Morgan fingerprint density at radius 3 is 2.87 bits per heavy atom. The van der Waals surface area contributed by atoms with Crippen molar-refractivity contribution in [1.82, 2.24) is 4.90 Å². The van der Waals surface area contributed by atoms with Gasteiger partial charge in [0, 0.05) is 13.2 Å². The van der Waals surface area contributed by atoms with Gasteiger partial charge in [-0.05, 0) is 32.2 Å². The second-order valence-electron chi connectivity index (χ2n) is 4.35. The van der Waals surface area contributed by atoms with Crippen molar-refractivity contribution in [2.75, 3.05) is 26.8 Å². The van der Waals surface area contributed by atoms with E-state index in [1.807, 2.05) is 14.0 Å². The van der Waals surface area contributed by atoms with E-state index < -0.39 is 0 Å². The van der Waals surface area contributed by atoms with Gasteiger partial charge in [0.05, 0.1) is 12.6 Å². The zero-order valence-electron chi connectivity index (χ0n) is 9.74. The van der Waals surface area contributed by atoms with Gasteiger partial charge in [-0.25, -0.2) is 0 Å². The number of carbonyl (C=O) groups excluding carboxylic acids is 1. The van der Waals surface area contributed by atoms with Crippen LogP contribution in [0.2, 0.25) is 0 Å². The van der Waals surface area contributed by atoms with Crippen LogP contribution in [-0.4, -0.2) is 43.7 Å². The van der Waals surface area contributed by atoms with E-state index in [4.69, 9.17) is 10.5 Å². The van der Waals surface area contributed by atoms with Gasteiger partial charge in [-0.15, -0.1) is 0 Å². The van der Waals surface area contributed by atoms with Crippen molar-refractivity contribution < 1.29 is 9.53 Å². The van der Waals surface area contributed by atoms with Crippen molar-refractivity contribution in [3.63, 3.8) is 0 Å². The first-order valence-corrected chi connectivity index (χ1v) is 5.72. The molecule has 2 atom stereocenters. The van der Waals surface area contributed by atoms with Crippen molar-refractivity contribution in [2.24, 2.45) is 11.7 Å². The number of ether oxygens (including phenoxy) is 1. The molecule has 0 saturated carbocycles. The van der Waals surface area contributed by atoms with Gasteiger partial charge in [-0.3, -0.25) is 9.69 Å². The van der Waals surface area contributed by atoms with Crippen LogP contribution in [0, 0.1) is 5.92 Å². The lowest BCUT2D eigenvalue weighted by Crippen LogP contribution is -2.45. The molecule has 88 valence electrons. The molecule has 0 radical (unpaired) electrons. The van der Waals surface area contributed by atoms with Crippen LogP contribution in [0.15, 0.2) is 0 Å². The van der Waals surface area contributed by atoms with Crippen molar-refractivity contribution in [3.05, 3.63) is 0 Å². The average molecular weight is 214 g/mol. The third-order valence-electron chi connectivity index (χ3n) is 3.05. The van der Waals surface area contributed by atoms with Crippen LogP contribution in [0.5, 0.6) is 0 Å². The molecular formula is C11H22N2O2. The van der Waals surface area contributed by atoms with Crippen LogP contribution in [0.3, 0.4) is 0 Å². The molecule has 0 bridgehead atoms. The SMILES string of the molecule is CCC(C(N)=O)N(C)CC1CCCOC1. The van der Waals surface area contributed by atoms with Crippen molar-refractivity contribution in [2.45, 2.75) is 32.2 Å². The Morgan fingerprint density at radius 1 is 1.67 bits per heavy atom. The molecule has 0 aromatic heterocycles. The summed E-state index contributed by atoms with van der Waals surface area (Å²) in [6, 6.07) is -0.132. The zero-order chi connectivity index (χ0) is 11.3. The lowest BCUT2D eigenvalue weighted by Gasteiger charge is -2.30. The largest absolute Gasteiger partial charge is 0.381 e. The highest BCUT2D eigenvalue weighted by Crippen LogP contribution is 2.16. The molecule has 0 aliphatic carbocycles. The molecule has 1 fully saturated rings. The molecule has 1 rings (SSSR count). The maximum absolute atomic E-state index is 11.2. The molecule has 1 aliphatic rings. The molecule has 15 heavy (non-hydrogen) atoms. The fourth-order valence-electron chi connectivity index (χ4n) is 2.22. The maximum Gasteiger partial charge on any atom is 0.234 e. The fourth-order valence-corrected chi connectivity index (χ4v) is 2.22. The van der Waals surface area contributed by atoms with Gasteiger partial charge in [0.2, 0.25) is 5.91 Å². The van der Waals surface area contributed by atoms with Crippen LogP contribution in [0.4, 0.5) is 0 Å². The average Bonchev–Trinajstić information content (AvgIpc) is 2.19. The van der Waals surface area contributed by atoms with Gasteiger partial charge < -0.3 is 10.5 Å². The number of primary amides is 1. The highest BCUT2D eigenvalue weighted by atomic mass is 16.5. The van der Waals surface area contributed by atoms with E-state index in [2.05, 4.69) is 4.90 Å². The van der Waals surface area contributed by atoms with Crippen LogP contribution in [-0.2, 0) is 9.53 Å². The highest BCUT2D eigenvalue weighted by molar-refractivity contribution is 5.79. The van der Waals surface area contributed by atoms with Crippen molar-refractivity contribution in [1.29, 1.82) is 0 Å². The zero-order valence-corrected chi connectivity index (χ0v) is 9.74. The monoisotopic (exact) mass is 214 g/mol. The molecule has 1 heterocycles. The lowest BCUT2D eigenvalue weighted by molar-refractivity contribution is -0.123. The van der Waals surface area contributed by atoms with E-state index in [1.54, 1.807) is 0 Å². The number of nitrogens with two attached hydrogens (primary N) is 1. The van der Waals surface area contributed by atoms with Gasteiger partial charge in [0.25, 0.3) is 0 Å². The summed E-state index contributed by atoms with van der Waals surface area (Å²) in [6.45, 7) is 4.59. The molecule has 1 saturated heterocycles. The van der Waals surface area contributed by atoms with E-state index >= 15 is 0 Å². The first kappa shape index (κ1) is 12.5. The summed E-state index contributed by atoms with van der Waals surface area (Å²) in [5, 5.41) is 0. The molecule has 2 unspecified atom stereocenters. The molecule has 4 nitrogen and oxygen atoms in total. The molecule has 2 N–H and O–H groups in total. The normalized spacial score (nSPS) is 24.1.